The molecule has 5 heterocycles. The summed E-state index contributed by atoms with van der Waals surface area (Å²) >= 11 is 0. The van der Waals surface area contributed by atoms with Crippen molar-refractivity contribution in [1.29, 1.82) is 0 Å². The number of fused-ring (bicyclic) bond motifs is 3. The minimum atomic E-state index is -0.923. The van der Waals surface area contributed by atoms with Crippen LogP contribution in [0.4, 0.5) is 19.0 Å². The quantitative estimate of drug-likeness (QED) is 0.330. The van der Waals surface area contributed by atoms with Gasteiger partial charge in [0.1, 0.15) is 47.5 Å². The van der Waals surface area contributed by atoms with Gasteiger partial charge in [-0.2, -0.15) is 9.97 Å². The van der Waals surface area contributed by atoms with Crippen molar-refractivity contribution in [1.82, 2.24) is 20.2 Å². The topological polar surface area (TPSA) is 83.0 Å². The largest absolute Gasteiger partial charge is 0.508 e. The maximum atomic E-state index is 16.9. The third-order valence-electron chi connectivity index (χ3n) is 9.79. The molecule has 2 N–H and O–H groups in total. The summed E-state index contributed by atoms with van der Waals surface area (Å²) in [7, 11) is 1.88. The summed E-state index contributed by atoms with van der Waals surface area (Å²) in [5.41, 5.74) is -0.284. The van der Waals surface area contributed by atoms with Gasteiger partial charge in [-0.3, -0.25) is 4.90 Å². The van der Waals surface area contributed by atoms with Crippen LogP contribution >= 0.6 is 0 Å². The van der Waals surface area contributed by atoms with E-state index >= 15 is 4.39 Å². The van der Waals surface area contributed by atoms with E-state index in [0.29, 0.717) is 48.4 Å². The molecule has 4 aliphatic heterocycles. The van der Waals surface area contributed by atoms with Crippen molar-refractivity contribution in [2.24, 2.45) is 0 Å². The number of aromatic nitrogens is 2. The second kappa shape index (κ2) is 9.87. The molecule has 11 heteroatoms. The van der Waals surface area contributed by atoms with Crippen molar-refractivity contribution < 1.29 is 27.8 Å². The normalized spacial score (nSPS) is 26.0. The van der Waals surface area contributed by atoms with E-state index in [9.17, 15) is 13.9 Å². The average Bonchev–Trinajstić information content (AvgIpc) is 3.69. The molecule has 3 saturated heterocycles. The molecule has 3 aromatic carbocycles. The Balaban J connectivity index is 1.34. The Morgan fingerprint density at radius 2 is 2.05 bits per heavy atom. The number of likely N-dealkylation sites (N-methyl/N-ethyl adjacent to an activating group) is 1. The molecule has 0 aliphatic carbocycles. The zero-order valence-electron chi connectivity index (χ0n) is 24.0. The number of rotatable bonds is 4. The van der Waals surface area contributed by atoms with Gasteiger partial charge in [-0.15, -0.1) is 6.42 Å². The number of alkyl halides is 1. The van der Waals surface area contributed by atoms with Crippen LogP contribution < -0.4 is 19.7 Å². The highest BCUT2D eigenvalue weighted by atomic mass is 19.1. The smallest absolute Gasteiger partial charge is 0.319 e. The van der Waals surface area contributed by atoms with Crippen LogP contribution in [-0.4, -0.2) is 83.7 Å². The Hall–Kier alpha value is -4.27. The number of ether oxygens (including phenoxy) is 2. The number of anilines is 1. The SMILES string of the molecule is C#Cc1c(F)ccc2cc(O)cc(-c3cc4c5c(nc(OC[C@@]67CCCN6C[C@H](F)C7)nc5c3F)N(C)[C@@H]3CNC[C@@H]3O4)c12. The fourth-order valence-corrected chi connectivity index (χ4v) is 7.71. The van der Waals surface area contributed by atoms with E-state index in [-0.39, 0.29) is 58.1 Å². The third kappa shape index (κ3) is 4.01. The summed E-state index contributed by atoms with van der Waals surface area (Å²) in [5, 5.41) is 15.1. The van der Waals surface area contributed by atoms with Crippen LogP contribution in [0.15, 0.2) is 30.3 Å². The Bertz CT molecular complexity index is 1900. The minimum Gasteiger partial charge on any atom is -0.508 e. The molecule has 8 nitrogen and oxygen atoms in total. The fraction of sp³-hybridized carbons (Fsp3) is 0.394. The van der Waals surface area contributed by atoms with Gasteiger partial charge < -0.3 is 24.8 Å². The van der Waals surface area contributed by atoms with Gasteiger partial charge in [0, 0.05) is 44.1 Å². The average molecular weight is 602 g/mol. The molecular formula is C33H30F3N5O3. The molecule has 3 fully saturated rings. The first-order chi connectivity index (χ1) is 21.3. The molecular weight excluding hydrogens is 571 g/mol. The molecule has 4 aromatic rings. The highest BCUT2D eigenvalue weighted by molar-refractivity contribution is 6.05. The molecule has 8 rings (SSSR count). The minimum absolute atomic E-state index is 0.0228. The predicted molar refractivity (Wildman–Crippen MR) is 160 cm³/mol. The number of halogens is 3. The predicted octanol–water partition coefficient (Wildman–Crippen LogP) is 4.54. The molecule has 0 radical (unpaired) electrons. The summed E-state index contributed by atoms with van der Waals surface area (Å²) in [6.45, 7) is 2.57. The summed E-state index contributed by atoms with van der Waals surface area (Å²) in [5.74, 6) is 1.71. The first kappa shape index (κ1) is 27.3. The zero-order chi connectivity index (χ0) is 30.3. The van der Waals surface area contributed by atoms with Gasteiger partial charge in [0.15, 0.2) is 5.82 Å². The van der Waals surface area contributed by atoms with Gasteiger partial charge in [0.05, 0.1) is 22.5 Å². The van der Waals surface area contributed by atoms with Crippen molar-refractivity contribution >= 4 is 27.5 Å². The number of phenols is 1. The van der Waals surface area contributed by atoms with E-state index in [1.54, 1.807) is 6.07 Å². The van der Waals surface area contributed by atoms with E-state index in [1.165, 1.54) is 24.3 Å². The van der Waals surface area contributed by atoms with Crippen molar-refractivity contribution in [3.8, 4) is 41.0 Å². The number of nitrogens with zero attached hydrogens (tertiary/aromatic N) is 4. The van der Waals surface area contributed by atoms with Gasteiger partial charge in [-0.05, 0) is 54.6 Å². The first-order valence-corrected chi connectivity index (χ1v) is 14.8. The number of phenolic OH excluding ortho intramolecular Hbond substituents is 1. The molecule has 4 atom stereocenters. The van der Waals surface area contributed by atoms with Crippen LogP contribution in [0, 0.1) is 24.0 Å². The number of aromatic hydroxyl groups is 1. The van der Waals surface area contributed by atoms with Crippen LogP contribution in [0.5, 0.6) is 17.5 Å². The lowest BCUT2D eigenvalue weighted by molar-refractivity contribution is 0.107. The maximum absolute atomic E-state index is 16.9. The van der Waals surface area contributed by atoms with E-state index in [0.717, 1.165) is 19.4 Å². The summed E-state index contributed by atoms with van der Waals surface area (Å²) in [6.07, 6.45) is 6.65. The number of hydrogen-bond donors (Lipinski definition) is 2. The lowest BCUT2D eigenvalue weighted by Crippen LogP contribution is -2.44. The third-order valence-corrected chi connectivity index (χ3v) is 9.79. The Morgan fingerprint density at radius 1 is 1.18 bits per heavy atom. The van der Waals surface area contributed by atoms with Crippen molar-refractivity contribution in [2.75, 3.05) is 44.7 Å². The van der Waals surface area contributed by atoms with Crippen LogP contribution in [0.3, 0.4) is 0 Å². The van der Waals surface area contributed by atoms with E-state index in [4.69, 9.17) is 20.9 Å². The van der Waals surface area contributed by atoms with Crippen LogP contribution in [-0.2, 0) is 0 Å². The van der Waals surface area contributed by atoms with Gasteiger partial charge in [-0.1, -0.05) is 12.0 Å². The van der Waals surface area contributed by atoms with Crippen LogP contribution in [0.2, 0.25) is 0 Å². The van der Waals surface area contributed by atoms with E-state index in [1.807, 2.05) is 11.9 Å². The van der Waals surface area contributed by atoms with Gasteiger partial charge in [0.25, 0.3) is 0 Å². The fourth-order valence-electron chi connectivity index (χ4n) is 7.71. The summed E-state index contributed by atoms with van der Waals surface area (Å²) in [6, 6.07) is 6.96. The van der Waals surface area contributed by atoms with E-state index < -0.39 is 23.3 Å². The zero-order valence-corrected chi connectivity index (χ0v) is 24.0. The molecule has 4 aliphatic rings. The standard InChI is InChI=1S/C33H30F3N5O3/c1-3-20-23(35)6-5-17-9-19(42)10-21(27(17)20)22-11-25-28-30(29(22)36)38-32(39-31(28)40(2)24-13-37-14-26(24)44-25)43-16-33-7-4-8-41(33)15-18(34)12-33/h1,5-6,9-11,18,24,26,37,42H,4,7-8,12-16H2,2H3/t18-,24-,26+,33+/m1/s1. The molecule has 0 spiro atoms. The lowest BCUT2D eigenvalue weighted by Gasteiger charge is -2.31. The molecule has 0 bridgehead atoms. The van der Waals surface area contributed by atoms with Crippen LogP contribution in [0.1, 0.15) is 24.8 Å². The Morgan fingerprint density at radius 3 is 2.89 bits per heavy atom. The monoisotopic (exact) mass is 601 g/mol. The van der Waals surface area contributed by atoms with E-state index in [2.05, 4.69) is 21.1 Å². The van der Waals surface area contributed by atoms with Crippen LogP contribution in [0.25, 0.3) is 32.8 Å². The number of terminal acetylenes is 1. The summed E-state index contributed by atoms with van der Waals surface area (Å²) < 4.78 is 58.9. The number of hydrogen-bond acceptors (Lipinski definition) is 8. The summed E-state index contributed by atoms with van der Waals surface area (Å²) in [4.78, 5) is 13.4. The molecule has 0 unspecified atom stereocenters. The maximum Gasteiger partial charge on any atom is 0.319 e. The second-order valence-electron chi connectivity index (χ2n) is 12.3. The Labute approximate surface area is 251 Å². The van der Waals surface area contributed by atoms with Crippen molar-refractivity contribution in [3.63, 3.8) is 0 Å². The lowest BCUT2D eigenvalue weighted by atomic mass is 9.92. The van der Waals surface area contributed by atoms with Gasteiger partial charge >= 0.3 is 6.01 Å². The molecule has 44 heavy (non-hydrogen) atoms. The Kier molecular flexibility index (Phi) is 6.12. The number of benzene rings is 3. The molecule has 226 valence electrons. The first-order valence-electron chi connectivity index (χ1n) is 14.8. The van der Waals surface area contributed by atoms with Gasteiger partial charge in [-0.25, -0.2) is 13.2 Å². The van der Waals surface area contributed by atoms with Gasteiger partial charge in [0.2, 0.25) is 0 Å². The highest BCUT2D eigenvalue weighted by Gasteiger charge is 2.49. The second-order valence-corrected chi connectivity index (χ2v) is 12.3. The molecule has 0 amide bonds. The van der Waals surface area contributed by atoms with Crippen molar-refractivity contribution in [3.05, 3.63) is 47.5 Å². The number of nitrogens with one attached hydrogen (secondary N) is 1. The highest BCUT2D eigenvalue weighted by Crippen LogP contribution is 2.46. The molecule has 1 aromatic heterocycles. The molecule has 0 saturated carbocycles. The van der Waals surface area contributed by atoms with Crippen molar-refractivity contribution in [2.45, 2.75) is 43.1 Å².